The van der Waals surface area contributed by atoms with Gasteiger partial charge in [-0.2, -0.15) is 0 Å². The number of aryl methyl sites for hydroxylation is 1. The van der Waals surface area contributed by atoms with Gasteiger partial charge in [0.25, 0.3) is 0 Å². The predicted octanol–water partition coefficient (Wildman–Crippen LogP) is 2.19. The van der Waals surface area contributed by atoms with Gasteiger partial charge < -0.3 is 15.9 Å². The Balaban J connectivity index is 2.71. The first-order valence-electron chi connectivity index (χ1n) is 7.27. The van der Waals surface area contributed by atoms with E-state index in [0.29, 0.717) is 19.3 Å². The van der Waals surface area contributed by atoms with Crippen molar-refractivity contribution in [1.82, 2.24) is 0 Å². The zero-order chi connectivity index (χ0) is 15.0. The summed E-state index contributed by atoms with van der Waals surface area (Å²) < 4.78 is 0. The summed E-state index contributed by atoms with van der Waals surface area (Å²) in [6, 6.07) is 7.98. The van der Waals surface area contributed by atoms with Crippen LogP contribution < -0.4 is 5.73 Å². The molecule has 4 N–H and O–H groups in total. The van der Waals surface area contributed by atoms with E-state index in [0.717, 1.165) is 18.4 Å². The second-order valence-corrected chi connectivity index (χ2v) is 5.15. The molecule has 0 heterocycles. The van der Waals surface area contributed by atoms with Gasteiger partial charge in [0, 0.05) is 5.56 Å². The van der Waals surface area contributed by atoms with E-state index >= 15 is 0 Å². The van der Waals surface area contributed by atoms with Crippen molar-refractivity contribution in [2.75, 3.05) is 0 Å². The molecule has 0 saturated carbocycles. The Labute approximate surface area is 121 Å². The third-order valence-electron chi connectivity index (χ3n) is 3.50. The molecule has 0 radical (unpaired) electrons. The highest BCUT2D eigenvalue weighted by molar-refractivity contribution is 5.38. The molecule has 3 heteroatoms. The van der Waals surface area contributed by atoms with Crippen LogP contribution in [0.5, 0.6) is 0 Å². The lowest BCUT2D eigenvalue weighted by Gasteiger charge is -2.17. The van der Waals surface area contributed by atoms with Crippen LogP contribution in [-0.4, -0.2) is 22.0 Å². The Hall–Kier alpha value is -1.34. The number of benzene rings is 1. The molecule has 1 unspecified atom stereocenters. The van der Waals surface area contributed by atoms with Crippen molar-refractivity contribution in [1.29, 1.82) is 0 Å². The summed E-state index contributed by atoms with van der Waals surface area (Å²) in [4.78, 5) is 0. The summed E-state index contributed by atoms with van der Waals surface area (Å²) >= 11 is 0. The molecule has 1 atom stereocenters. The molecule has 0 spiro atoms. The molecule has 1 aromatic carbocycles. The van der Waals surface area contributed by atoms with Gasteiger partial charge in [0.05, 0.1) is 0 Å². The maximum Gasteiger partial charge on any atom is 0.125 e. The summed E-state index contributed by atoms with van der Waals surface area (Å²) in [5.41, 5.74) is 6.52. The van der Waals surface area contributed by atoms with E-state index in [4.69, 9.17) is 10.8 Å². The molecule has 110 valence electrons. The average molecular weight is 275 g/mol. The van der Waals surface area contributed by atoms with Crippen LogP contribution >= 0.6 is 0 Å². The number of hydrogen-bond acceptors (Lipinski definition) is 3. The molecule has 20 heavy (non-hydrogen) atoms. The van der Waals surface area contributed by atoms with Gasteiger partial charge in [0.2, 0.25) is 0 Å². The van der Waals surface area contributed by atoms with Gasteiger partial charge in [-0.05, 0) is 49.8 Å². The minimum atomic E-state index is -0.889. The van der Waals surface area contributed by atoms with Crippen molar-refractivity contribution >= 4 is 0 Å². The van der Waals surface area contributed by atoms with E-state index in [1.165, 1.54) is 5.56 Å². The van der Waals surface area contributed by atoms with Gasteiger partial charge in [0.1, 0.15) is 11.8 Å². The molecule has 0 aliphatic rings. The molecule has 0 saturated heterocycles. The van der Waals surface area contributed by atoms with Crippen LogP contribution in [0.25, 0.3) is 0 Å². The lowest BCUT2D eigenvalue weighted by atomic mass is 9.97. The number of rotatable bonds is 6. The SMILES string of the molecule is CCC(O)(C#Cc1cccc(CCCC(N)O)c1)CC. The number of nitrogens with two attached hydrogens (primary N) is 1. The highest BCUT2D eigenvalue weighted by Crippen LogP contribution is 2.14. The molecule has 0 fully saturated rings. The molecule has 0 bridgehead atoms. The summed E-state index contributed by atoms with van der Waals surface area (Å²) in [7, 11) is 0. The Bertz CT molecular complexity index is 467. The smallest absolute Gasteiger partial charge is 0.125 e. The van der Waals surface area contributed by atoms with Crippen molar-refractivity contribution in [3.8, 4) is 11.8 Å². The van der Waals surface area contributed by atoms with Gasteiger partial charge in [-0.25, -0.2) is 0 Å². The Morgan fingerprint density at radius 2 is 2.00 bits per heavy atom. The van der Waals surface area contributed by atoms with Crippen LogP contribution in [0.4, 0.5) is 0 Å². The fourth-order valence-electron chi connectivity index (χ4n) is 1.94. The molecule has 0 aromatic heterocycles. The minimum absolute atomic E-state index is 0.599. The van der Waals surface area contributed by atoms with Crippen molar-refractivity contribution in [3.05, 3.63) is 35.4 Å². The maximum atomic E-state index is 10.1. The Morgan fingerprint density at radius 3 is 2.60 bits per heavy atom. The number of aliphatic hydroxyl groups is 2. The average Bonchev–Trinajstić information content (AvgIpc) is 2.45. The van der Waals surface area contributed by atoms with Crippen LogP contribution in [0.2, 0.25) is 0 Å². The Morgan fingerprint density at radius 1 is 1.30 bits per heavy atom. The molecular weight excluding hydrogens is 250 g/mol. The second kappa shape index (κ2) is 8.06. The van der Waals surface area contributed by atoms with E-state index in [-0.39, 0.29) is 0 Å². The van der Waals surface area contributed by atoms with Crippen molar-refractivity contribution in [2.24, 2.45) is 5.73 Å². The van der Waals surface area contributed by atoms with E-state index < -0.39 is 11.8 Å². The van der Waals surface area contributed by atoms with E-state index in [1.54, 1.807) is 0 Å². The molecule has 0 aliphatic heterocycles. The lowest BCUT2D eigenvalue weighted by Crippen LogP contribution is -2.23. The lowest BCUT2D eigenvalue weighted by molar-refractivity contribution is 0.0931. The minimum Gasteiger partial charge on any atom is -0.379 e. The van der Waals surface area contributed by atoms with Crippen LogP contribution in [-0.2, 0) is 6.42 Å². The fraction of sp³-hybridized carbons (Fsp3) is 0.529. The molecule has 3 nitrogen and oxygen atoms in total. The summed E-state index contributed by atoms with van der Waals surface area (Å²) in [6.07, 6.45) is 2.84. The highest BCUT2D eigenvalue weighted by Gasteiger charge is 2.17. The maximum absolute atomic E-state index is 10.1. The quantitative estimate of drug-likeness (QED) is 0.551. The third kappa shape index (κ3) is 5.75. The molecule has 0 amide bonds. The molecule has 1 rings (SSSR count). The highest BCUT2D eigenvalue weighted by atomic mass is 16.3. The van der Waals surface area contributed by atoms with E-state index in [9.17, 15) is 5.11 Å². The largest absolute Gasteiger partial charge is 0.379 e. The number of hydrogen-bond donors (Lipinski definition) is 3. The number of aliphatic hydroxyl groups excluding tert-OH is 1. The first-order valence-corrected chi connectivity index (χ1v) is 7.27. The monoisotopic (exact) mass is 275 g/mol. The molecular formula is C17H25NO2. The summed E-state index contributed by atoms with van der Waals surface area (Å²) in [5.74, 6) is 6.01. The van der Waals surface area contributed by atoms with Crippen LogP contribution in [0, 0.1) is 11.8 Å². The first kappa shape index (κ1) is 16.7. The van der Waals surface area contributed by atoms with Gasteiger partial charge in [0.15, 0.2) is 0 Å². The van der Waals surface area contributed by atoms with Crippen molar-refractivity contribution < 1.29 is 10.2 Å². The van der Waals surface area contributed by atoms with Crippen LogP contribution in [0.1, 0.15) is 50.7 Å². The van der Waals surface area contributed by atoms with Crippen molar-refractivity contribution in [2.45, 2.75) is 57.8 Å². The summed E-state index contributed by atoms with van der Waals surface area (Å²) in [5, 5.41) is 19.2. The van der Waals surface area contributed by atoms with Crippen LogP contribution in [0.15, 0.2) is 24.3 Å². The zero-order valence-corrected chi connectivity index (χ0v) is 12.4. The Kier molecular flexibility index (Phi) is 6.74. The standard InChI is InChI=1S/C17H25NO2/c1-3-17(20,4-2)12-11-15-8-5-7-14(13-15)9-6-10-16(18)19/h5,7-8,13,16,19-20H,3-4,6,9-10,18H2,1-2H3. The van der Waals surface area contributed by atoms with Gasteiger partial charge in [-0.1, -0.05) is 37.8 Å². The van der Waals surface area contributed by atoms with E-state index in [1.807, 2.05) is 38.1 Å². The fourth-order valence-corrected chi connectivity index (χ4v) is 1.94. The molecule has 1 aromatic rings. The normalized spacial score (nSPS) is 12.7. The van der Waals surface area contributed by atoms with Gasteiger partial charge >= 0.3 is 0 Å². The first-order chi connectivity index (χ1) is 9.49. The van der Waals surface area contributed by atoms with Gasteiger partial charge in [-0.3, -0.25) is 0 Å². The topological polar surface area (TPSA) is 66.5 Å². The van der Waals surface area contributed by atoms with E-state index in [2.05, 4.69) is 11.8 Å². The van der Waals surface area contributed by atoms with Crippen LogP contribution in [0.3, 0.4) is 0 Å². The second-order valence-electron chi connectivity index (χ2n) is 5.15. The van der Waals surface area contributed by atoms with Gasteiger partial charge in [-0.15, -0.1) is 0 Å². The third-order valence-corrected chi connectivity index (χ3v) is 3.50. The molecule has 0 aliphatic carbocycles. The summed E-state index contributed by atoms with van der Waals surface area (Å²) in [6.45, 7) is 3.87. The predicted molar refractivity (Wildman–Crippen MR) is 82.0 cm³/mol. The zero-order valence-electron chi connectivity index (χ0n) is 12.4. The van der Waals surface area contributed by atoms with Crippen molar-refractivity contribution in [3.63, 3.8) is 0 Å².